The molecule has 1 aromatic carbocycles. The predicted molar refractivity (Wildman–Crippen MR) is 73.9 cm³/mol. The van der Waals surface area contributed by atoms with Crippen molar-refractivity contribution in [2.24, 2.45) is 0 Å². The number of aromatic hydroxyl groups is 1. The lowest BCUT2D eigenvalue weighted by atomic mass is 10.1. The quantitative estimate of drug-likeness (QED) is 0.828. The second-order valence-electron chi connectivity index (χ2n) is 5.13. The van der Waals surface area contributed by atoms with E-state index in [4.69, 9.17) is 0 Å². The maximum atomic E-state index is 12.1. The topological polar surface area (TPSA) is 57.6 Å². The number of hydrogen-bond donors (Lipinski definition) is 1. The van der Waals surface area contributed by atoms with Crippen molar-refractivity contribution in [1.29, 1.82) is 0 Å². The lowest BCUT2D eigenvalue weighted by molar-refractivity contribution is -0.146. The summed E-state index contributed by atoms with van der Waals surface area (Å²) >= 11 is 0. The Hall–Kier alpha value is -1.84. The van der Waals surface area contributed by atoms with Gasteiger partial charge in [0.15, 0.2) is 0 Å². The molecule has 0 aliphatic rings. The van der Waals surface area contributed by atoms with E-state index >= 15 is 0 Å². The molecule has 0 heterocycles. The second kappa shape index (κ2) is 6.36. The summed E-state index contributed by atoms with van der Waals surface area (Å²) in [6.45, 7) is 7.52. The molecule has 1 aromatic rings. The molecule has 0 saturated heterocycles. The summed E-state index contributed by atoms with van der Waals surface area (Å²) in [6.07, 6.45) is -0.0680. The predicted octanol–water partition coefficient (Wildman–Crippen LogP) is 2.15. The van der Waals surface area contributed by atoms with Crippen LogP contribution in [0.3, 0.4) is 0 Å². The van der Waals surface area contributed by atoms with E-state index in [1.165, 1.54) is 6.07 Å². The zero-order chi connectivity index (χ0) is 14.6. The van der Waals surface area contributed by atoms with Crippen LogP contribution in [-0.4, -0.2) is 33.8 Å². The number of ketones is 1. The van der Waals surface area contributed by atoms with E-state index in [0.29, 0.717) is 5.56 Å². The number of phenolic OH excluding ortho intramolecular Hbond substituents is 1. The molecule has 4 heteroatoms. The van der Waals surface area contributed by atoms with Crippen LogP contribution in [0.4, 0.5) is 0 Å². The third-order valence-electron chi connectivity index (χ3n) is 2.93. The number of phenols is 1. The normalized spacial score (nSPS) is 10.8. The third-order valence-corrected chi connectivity index (χ3v) is 2.93. The molecular weight excluding hydrogens is 242 g/mol. The maximum Gasteiger partial charge on any atom is 0.290 e. The van der Waals surface area contributed by atoms with E-state index in [1.54, 1.807) is 23.1 Å². The van der Waals surface area contributed by atoms with Gasteiger partial charge in [-0.05, 0) is 33.8 Å². The molecule has 19 heavy (non-hydrogen) atoms. The van der Waals surface area contributed by atoms with Gasteiger partial charge in [-0.1, -0.05) is 18.2 Å². The summed E-state index contributed by atoms with van der Waals surface area (Å²) < 4.78 is 0. The van der Waals surface area contributed by atoms with E-state index < -0.39 is 11.7 Å². The highest BCUT2D eigenvalue weighted by Crippen LogP contribution is 2.17. The van der Waals surface area contributed by atoms with E-state index in [2.05, 4.69) is 0 Å². The van der Waals surface area contributed by atoms with Gasteiger partial charge in [0.1, 0.15) is 5.75 Å². The highest BCUT2D eigenvalue weighted by molar-refractivity contribution is 6.36. The fraction of sp³-hybridized carbons (Fsp3) is 0.467. The minimum absolute atomic E-state index is 0.0270. The van der Waals surface area contributed by atoms with Gasteiger partial charge in [0.25, 0.3) is 5.91 Å². The molecule has 1 amide bonds. The number of carbonyl (C=O) groups is 2. The third kappa shape index (κ3) is 3.81. The number of amides is 1. The molecule has 0 atom stereocenters. The lowest BCUT2D eigenvalue weighted by Gasteiger charge is -2.30. The number of benzene rings is 1. The molecule has 0 radical (unpaired) electrons. The summed E-state index contributed by atoms with van der Waals surface area (Å²) in [5.74, 6) is -0.943. The van der Waals surface area contributed by atoms with E-state index in [0.717, 1.165) is 0 Å². The summed E-state index contributed by atoms with van der Waals surface area (Å²) in [5.41, 5.74) is 0.480. The van der Waals surface area contributed by atoms with Gasteiger partial charge < -0.3 is 10.0 Å². The van der Waals surface area contributed by atoms with E-state index in [-0.39, 0.29) is 24.3 Å². The molecule has 0 fully saturated rings. The van der Waals surface area contributed by atoms with Crippen LogP contribution in [0.25, 0.3) is 0 Å². The second-order valence-corrected chi connectivity index (χ2v) is 5.13. The van der Waals surface area contributed by atoms with Crippen LogP contribution >= 0.6 is 0 Å². The van der Waals surface area contributed by atoms with Crippen molar-refractivity contribution in [3.8, 4) is 5.75 Å². The lowest BCUT2D eigenvalue weighted by Crippen LogP contribution is -2.46. The zero-order valence-corrected chi connectivity index (χ0v) is 11.9. The zero-order valence-electron chi connectivity index (χ0n) is 11.9. The molecule has 104 valence electrons. The Morgan fingerprint density at radius 2 is 1.63 bits per heavy atom. The van der Waals surface area contributed by atoms with E-state index in [9.17, 15) is 14.7 Å². The number of Topliss-reactive ketones (excluding diaryl/α,β-unsaturated/α-hetero) is 1. The summed E-state index contributed by atoms with van der Waals surface area (Å²) in [5, 5.41) is 9.62. The van der Waals surface area contributed by atoms with Crippen LogP contribution < -0.4 is 0 Å². The molecule has 4 nitrogen and oxygen atoms in total. The van der Waals surface area contributed by atoms with Gasteiger partial charge in [-0.15, -0.1) is 0 Å². The van der Waals surface area contributed by atoms with E-state index in [1.807, 2.05) is 27.7 Å². The number of para-hydroxylation sites is 1. The number of carbonyl (C=O) groups excluding carboxylic acids is 2. The van der Waals surface area contributed by atoms with Crippen LogP contribution in [0.5, 0.6) is 5.75 Å². The number of nitrogens with zero attached hydrogens (tertiary/aromatic N) is 1. The molecule has 0 aromatic heterocycles. The van der Waals surface area contributed by atoms with Gasteiger partial charge in [-0.2, -0.15) is 0 Å². The molecular formula is C15H21NO3. The first kappa shape index (κ1) is 15.2. The van der Waals surface area contributed by atoms with Crippen molar-refractivity contribution in [2.45, 2.75) is 46.2 Å². The summed E-state index contributed by atoms with van der Waals surface area (Å²) in [7, 11) is 0. The fourth-order valence-corrected chi connectivity index (χ4v) is 2.12. The molecule has 1 rings (SSSR count). The molecule has 0 spiro atoms. The highest BCUT2D eigenvalue weighted by atomic mass is 16.3. The summed E-state index contributed by atoms with van der Waals surface area (Å²) in [4.78, 5) is 25.7. The average Bonchev–Trinajstić information content (AvgIpc) is 2.31. The standard InChI is InChI=1S/C15H21NO3/c1-10(2)16(11(3)4)15(19)14(18)9-12-7-5-6-8-13(12)17/h5-8,10-11,17H,9H2,1-4H3. The van der Waals surface area contributed by atoms with Crippen molar-refractivity contribution < 1.29 is 14.7 Å². The average molecular weight is 263 g/mol. The molecule has 0 saturated carbocycles. The molecule has 0 unspecified atom stereocenters. The first-order chi connectivity index (χ1) is 8.84. The Kier molecular flexibility index (Phi) is 5.10. The Morgan fingerprint density at radius 3 is 2.11 bits per heavy atom. The summed E-state index contributed by atoms with van der Waals surface area (Å²) in [6, 6.07) is 6.52. The van der Waals surface area contributed by atoms with Crippen molar-refractivity contribution in [3.05, 3.63) is 29.8 Å². The Morgan fingerprint density at radius 1 is 1.11 bits per heavy atom. The molecule has 0 bridgehead atoms. The van der Waals surface area contributed by atoms with Gasteiger partial charge in [-0.3, -0.25) is 9.59 Å². The van der Waals surface area contributed by atoms with Crippen LogP contribution in [0.2, 0.25) is 0 Å². The van der Waals surface area contributed by atoms with Gasteiger partial charge in [0.05, 0.1) is 0 Å². The van der Waals surface area contributed by atoms with Crippen LogP contribution in [0.1, 0.15) is 33.3 Å². The smallest absolute Gasteiger partial charge is 0.290 e. The Labute approximate surface area is 114 Å². The Balaban J connectivity index is 2.83. The molecule has 0 aliphatic carbocycles. The molecule has 1 N–H and O–H groups in total. The van der Waals surface area contributed by atoms with Gasteiger partial charge >= 0.3 is 0 Å². The van der Waals surface area contributed by atoms with Crippen LogP contribution in [-0.2, 0) is 16.0 Å². The van der Waals surface area contributed by atoms with Crippen LogP contribution in [0, 0.1) is 0 Å². The minimum atomic E-state index is -0.496. The highest BCUT2D eigenvalue weighted by Gasteiger charge is 2.26. The largest absolute Gasteiger partial charge is 0.508 e. The van der Waals surface area contributed by atoms with Crippen LogP contribution in [0.15, 0.2) is 24.3 Å². The van der Waals surface area contributed by atoms with Crippen molar-refractivity contribution in [3.63, 3.8) is 0 Å². The van der Waals surface area contributed by atoms with Crippen molar-refractivity contribution >= 4 is 11.7 Å². The molecule has 0 aliphatic heterocycles. The number of rotatable bonds is 5. The first-order valence-corrected chi connectivity index (χ1v) is 6.47. The maximum absolute atomic E-state index is 12.1. The van der Waals surface area contributed by atoms with Crippen molar-refractivity contribution in [1.82, 2.24) is 4.90 Å². The minimum Gasteiger partial charge on any atom is -0.508 e. The number of hydrogen-bond acceptors (Lipinski definition) is 3. The SMILES string of the molecule is CC(C)N(C(=O)C(=O)Cc1ccccc1O)C(C)C. The van der Waals surface area contributed by atoms with Crippen molar-refractivity contribution in [2.75, 3.05) is 0 Å². The van der Waals surface area contributed by atoms with Gasteiger partial charge in [0.2, 0.25) is 5.78 Å². The monoisotopic (exact) mass is 263 g/mol. The van der Waals surface area contributed by atoms with Gasteiger partial charge in [0, 0.05) is 24.1 Å². The Bertz CT molecular complexity index is 458. The fourth-order valence-electron chi connectivity index (χ4n) is 2.12. The first-order valence-electron chi connectivity index (χ1n) is 6.47. The van der Waals surface area contributed by atoms with Gasteiger partial charge in [-0.25, -0.2) is 0 Å².